The molecule has 0 aliphatic carbocycles. The van der Waals surface area contributed by atoms with E-state index in [1.807, 2.05) is 0 Å². The first kappa shape index (κ1) is 19.9. The van der Waals surface area contributed by atoms with Crippen molar-refractivity contribution in [2.75, 3.05) is 26.0 Å². The van der Waals surface area contributed by atoms with E-state index in [1.54, 1.807) is 12.1 Å². The van der Waals surface area contributed by atoms with Crippen molar-refractivity contribution in [3.8, 4) is 0 Å². The Hall–Kier alpha value is -2.42. The molecular weight excluding hydrogens is 380 g/mol. The molecule has 1 amide bonds. The number of halogens is 1. The minimum atomic E-state index is -3.54. The largest absolute Gasteiger partial charge is 0.452 e. The second-order valence-electron chi connectivity index (χ2n) is 5.44. The van der Waals surface area contributed by atoms with Crippen LogP contribution in [0.5, 0.6) is 0 Å². The molecule has 2 aromatic carbocycles. The number of hydrogen-bond donors (Lipinski definition) is 1. The van der Waals surface area contributed by atoms with Crippen molar-refractivity contribution in [2.24, 2.45) is 0 Å². The van der Waals surface area contributed by atoms with Crippen molar-refractivity contribution in [1.29, 1.82) is 0 Å². The summed E-state index contributed by atoms with van der Waals surface area (Å²) in [5.41, 5.74) is 0.663. The molecule has 26 heavy (non-hydrogen) atoms. The zero-order chi connectivity index (χ0) is 19.3. The van der Waals surface area contributed by atoms with Crippen molar-refractivity contribution >= 4 is 39.2 Å². The summed E-state index contributed by atoms with van der Waals surface area (Å²) in [6.45, 7) is -0.473. The maximum atomic E-state index is 12.0. The van der Waals surface area contributed by atoms with Gasteiger partial charge < -0.3 is 10.1 Å². The summed E-state index contributed by atoms with van der Waals surface area (Å²) < 4.78 is 30.0. The van der Waals surface area contributed by atoms with E-state index in [0.29, 0.717) is 10.7 Å². The van der Waals surface area contributed by atoms with Gasteiger partial charge in [-0.15, -0.1) is 0 Å². The van der Waals surface area contributed by atoms with Gasteiger partial charge in [0.1, 0.15) is 0 Å². The highest BCUT2D eigenvalue weighted by atomic mass is 35.5. The van der Waals surface area contributed by atoms with Gasteiger partial charge in [-0.1, -0.05) is 11.6 Å². The van der Waals surface area contributed by atoms with Gasteiger partial charge in [-0.2, -0.15) is 0 Å². The highest BCUT2D eigenvalue weighted by molar-refractivity contribution is 7.89. The van der Waals surface area contributed by atoms with Crippen LogP contribution in [0.4, 0.5) is 5.69 Å². The number of esters is 1. The van der Waals surface area contributed by atoms with Gasteiger partial charge in [-0.3, -0.25) is 4.79 Å². The summed E-state index contributed by atoms with van der Waals surface area (Å²) in [5, 5.41) is 3.01. The molecule has 138 valence electrons. The molecule has 0 aromatic heterocycles. The number of nitrogens with one attached hydrogen (secondary N) is 1. The van der Waals surface area contributed by atoms with Gasteiger partial charge >= 0.3 is 5.97 Å². The normalized spacial score (nSPS) is 11.2. The Labute approximate surface area is 156 Å². The molecule has 0 fully saturated rings. The molecule has 9 heteroatoms. The third kappa shape index (κ3) is 5.04. The van der Waals surface area contributed by atoms with Gasteiger partial charge in [0, 0.05) is 24.8 Å². The fourth-order valence-corrected chi connectivity index (χ4v) is 2.95. The quantitative estimate of drug-likeness (QED) is 0.757. The molecule has 7 nitrogen and oxygen atoms in total. The second-order valence-corrected chi connectivity index (χ2v) is 8.03. The van der Waals surface area contributed by atoms with Gasteiger partial charge in [0.15, 0.2) is 6.61 Å². The predicted octanol–water partition coefficient (Wildman–Crippen LogP) is 2.39. The molecule has 0 spiro atoms. The van der Waals surface area contributed by atoms with Crippen molar-refractivity contribution in [1.82, 2.24) is 4.31 Å². The zero-order valence-electron chi connectivity index (χ0n) is 14.1. The summed E-state index contributed by atoms with van der Waals surface area (Å²) in [7, 11) is -0.674. The van der Waals surface area contributed by atoms with Crippen LogP contribution in [0.15, 0.2) is 53.4 Å². The summed E-state index contributed by atoms with van der Waals surface area (Å²) in [5.74, 6) is -1.19. The Morgan fingerprint density at radius 1 is 1.04 bits per heavy atom. The van der Waals surface area contributed by atoms with Gasteiger partial charge in [0.2, 0.25) is 10.0 Å². The number of anilines is 1. The van der Waals surface area contributed by atoms with E-state index in [2.05, 4.69) is 5.32 Å². The van der Waals surface area contributed by atoms with Crippen molar-refractivity contribution in [2.45, 2.75) is 4.90 Å². The molecule has 0 heterocycles. The van der Waals surface area contributed by atoms with Crippen LogP contribution >= 0.6 is 11.6 Å². The van der Waals surface area contributed by atoms with Crippen LogP contribution in [0, 0.1) is 0 Å². The minimum absolute atomic E-state index is 0.106. The number of carbonyl (C=O) groups is 2. The lowest BCUT2D eigenvalue weighted by atomic mass is 10.2. The predicted molar refractivity (Wildman–Crippen MR) is 97.7 cm³/mol. The lowest BCUT2D eigenvalue weighted by Crippen LogP contribution is -2.22. The molecule has 0 aliphatic rings. The van der Waals surface area contributed by atoms with E-state index in [4.69, 9.17) is 16.3 Å². The number of amides is 1. The van der Waals surface area contributed by atoms with E-state index in [0.717, 1.165) is 4.31 Å². The summed E-state index contributed by atoms with van der Waals surface area (Å²) in [6, 6.07) is 11.7. The summed E-state index contributed by atoms with van der Waals surface area (Å²) >= 11 is 5.73. The van der Waals surface area contributed by atoms with E-state index >= 15 is 0 Å². The maximum absolute atomic E-state index is 12.0. The fraction of sp³-hybridized carbons (Fsp3) is 0.176. The summed E-state index contributed by atoms with van der Waals surface area (Å²) in [6.07, 6.45) is 0. The van der Waals surface area contributed by atoms with Crippen molar-refractivity contribution in [3.05, 3.63) is 59.1 Å². The smallest absolute Gasteiger partial charge is 0.338 e. The van der Waals surface area contributed by atoms with Crippen LogP contribution in [0.2, 0.25) is 5.02 Å². The van der Waals surface area contributed by atoms with Crippen LogP contribution < -0.4 is 5.32 Å². The summed E-state index contributed by atoms with van der Waals surface area (Å²) in [4.78, 5) is 23.8. The Morgan fingerprint density at radius 2 is 1.62 bits per heavy atom. The average Bonchev–Trinajstić information content (AvgIpc) is 2.60. The number of sulfonamides is 1. The average molecular weight is 397 g/mol. The van der Waals surface area contributed by atoms with Gasteiger partial charge in [0.25, 0.3) is 5.91 Å². The third-order valence-electron chi connectivity index (χ3n) is 3.33. The molecule has 2 rings (SSSR count). The lowest BCUT2D eigenvalue weighted by molar-refractivity contribution is -0.119. The van der Waals surface area contributed by atoms with Gasteiger partial charge in [-0.05, 0) is 48.5 Å². The molecule has 1 N–H and O–H groups in total. The number of hydrogen-bond acceptors (Lipinski definition) is 5. The number of carbonyl (C=O) groups excluding carboxylic acids is 2. The Bertz CT molecular complexity index is 894. The second kappa shape index (κ2) is 8.31. The van der Waals surface area contributed by atoms with Gasteiger partial charge in [-0.25, -0.2) is 17.5 Å². The zero-order valence-corrected chi connectivity index (χ0v) is 15.7. The Balaban J connectivity index is 1.91. The van der Waals surface area contributed by atoms with E-state index in [1.165, 1.54) is 50.5 Å². The molecule has 0 radical (unpaired) electrons. The molecule has 0 unspecified atom stereocenters. The van der Waals surface area contributed by atoms with E-state index in [-0.39, 0.29) is 10.5 Å². The molecule has 0 bridgehead atoms. The first-order valence-electron chi connectivity index (χ1n) is 7.45. The van der Waals surface area contributed by atoms with Crippen LogP contribution in [0.25, 0.3) is 0 Å². The van der Waals surface area contributed by atoms with Crippen molar-refractivity contribution < 1.29 is 22.7 Å². The highest BCUT2D eigenvalue weighted by Gasteiger charge is 2.17. The molecule has 0 saturated carbocycles. The van der Waals surface area contributed by atoms with Crippen molar-refractivity contribution in [3.63, 3.8) is 0 Å². The Kier molecular flexibility index (Phi) is 6.36. The van der Waals surface area contributed by atoms with Crippen LogP contribution in [0.1, 0.15) is 10.4 Å². The van der Waals surface area contributed by atoms with Crippen LogP contribution in [0.3, 0.4) is 0 Å². The highest BCUT2D eigenvalue weighted by Crippen LogP contribution is 2.16. The molecule has 0 aliphatic heterocycles. The standard InChI is InChI=1S/C17H17ClN2O5S/c1-20(2)26(23,24)15-9-7-14(8-10-15)19-16(21)11-25-17(22)12-3-5-13(18)6-4-12/h3-10H,11H2,1-2H3,(H,19,21). The van der Waals surface area contributed by atoms with Gasteiger partial charge in [0.05, 0.1) is 10.5 Å². The van der Waals surface area contributed by atoms with Crippen LogP contribution in [-0.4, -0.2) is 45.3 Å². The SMILES string of the molecule is CN(C)S(=O)(=O)c1ccc(NC(=O)COC(=O)c2ccc(Cl)cc2)cc1. The monoisotopic (exact) mass is 396 g/mol. The third-order valence-corrected chi connectivity index (χ3v) is 5.41. The number of ether oxygens (including phenoxy) is 1. The molecule has 0 saturated heterocycles. The van der Waals surface area contributed by atoms with E-state index < -0.39 is 28.5 Å². The van der Waals surface area contributed by atoms with Crippen LogP contribution in [-0.2, 0) is 19.6 Å². The maximum Gasteiger partial charge on any atom is 0.338 e. The molecule has 0 atom stereocenters. The molecule has 2 aromatic rings. The van der Waals surface area contributed by atoms with E-state index in [9.17, 15) is 18.0 Å². The molecular formula is C17H17ClN2O5S. The first-order valence-corrected chi connectivity index (χ1v) is 9.27. The first-order chi connectivity index (χ1) is 12.2. The minimum Gasteiger partial charge on any atom is -0.452 e. The number of benzene rings is 2. The topological polar surface area (TPSA) is 92.8 Å². The lowest BCUT2D eigenvalue weighted by Gasteiger charge is -2.12. The Morgan fingerprint density at radius 3 is 2.15 bits per heavy atom. The fourth-order valence-electron chi connectivity index (χ4n) is 1.92. The number of nitrogens with zero attached hydrogens (tertiary/aromatic N) is 1. The number of rotatable bonds is 6.